The molecule has 3 heteroatoms. The summed E-state index contributed by atoms with van der Waals surface area (Å²) in [5, 5.41) is 13.0. The Balaban J connectivity index is 2.17. The Hall–Kier alpha value is -0.120. The van der Waals surface area contributed by atoms with Crippen LogP contribution in [0.25, 0.3) is 0 Å². The van der Waals surface area contributed by atoms with E-state index in [4.69, 9.17) is 0 Å². The second-order valence-electron chi connectivity index (χ2n) is 6.68. The zero-order valence-corrected chi connectivity index (χ0v) is 12.7. The van der Waals surface area contributed by atoms with Crippen LogP contribution in [0.5, 0.6) is 0 Å². The van der Waals surface area contributed by atoms with Gasteiger partial charge in [-0.15, -0.1) is 0 Å². The van der Waals surface area contributed by atoms with Crippen LogP contribution < -0.4 is 5.32 Å². The molecular weight excluding hydrogens is 224 g/mol. The van der Waals surface area contributed by atoms with Gasteiger partial charge in [0.2, 0.25) is 0 Å². The lowest BCUT2D eigenvalue weighted by Crippen LogP contribution is -2.49. The summed E-state index contributed by atoms with van der Waals surface area (Å²) in [4.78, 5) is 2.46. The van der Waals surface area contributed by atoms with Crippen molar-refractivity contribution in [1.82, 2.24) is 10.2 Å². The van der Waals surface area contributed by atoms with Gasteiger partial charge in [-0.1, -0.05) is 20.3 Å². The molecule has 1 fully saturated rings. The van der Waals surface area contributed by atoms with Crippen molar-refractivity contribution < 1.29 is 5.11 Å². The summed E-state index contributed by atoms with van der Waals surface area (Å²) in [5.74, 6) is 0.952. The van der Waals surface area contributed by atoms with Gasteiger partial charge in [-0.25, -0.2) is 0 Å². The van der Waals surface area contributed by atoms with Gasteiger partial charge < -0.3 is 15.3 Å². The average Bonchev–Trinajstić information content (AvgIpc) is 2.22. The van der Waals surface area contributed by atoms with Gasteiger partial charge >= 0.3 is 0 Å². The fourth-order valence-electron chi connectivity index (χ4n) is 2.84. The molecule has 1 rings (SSSR count). The van der Waals surface area contributed by atoms with E-state index in [9.17, 15) is 5.11 Å². The molecule has 0 aromatic heterocycles. The summed E-state index contributed by atoms with van der Waals surface area (Å²) in [5.41, 5.74) is -0.120. The zero-order chi connectivity index (χ0) is 13.6. The molecule has 0 bridgehead atoms. The van der Waals surface area contributed by atoms with Crippen molar-refractivity contribution in [3.05, 3.63) is 0 Å². The van der Waals surface area contributed by atoms with Crippen LogP contribution in [0.1, 0.15) is 52.9 Å². The molecule has 18 heavy (non-hydrogen) atoms. The van der Waals surface area contributed by atoms with Crippen LogP contribution in [0.4, 0.5) is 0 Å². The fraction of sp³-hybridized carbons (Fsp3) is 1.00. The molecule has 1 saturated carbocycles. The van der Waals surface area contributed by atoms with E-state index in [1.54, 1.807) is 0 Å². The van der Waals surface area contributed by atoms with E-state index in [-0.39, 0.29) is 12.1 Å². The Labute approximate surface area is 113 Å². The Kier molecular flexibility index (Phi) is 6.61. The number of nitrogens with one attached hydrogen (secondary N) is 1. The maximum absolute atomic E-state index is 9.52. The maximum Gasteiger partial charge on any atom is 0.0610 e. The van der Waals surface area contributed by atoms with E-state index >= 15 is 0 Å². The predicted octanol–water partition coefficient (Wildman–Crippen LogP) is 2.25. The fourth-order valence-corrected chi connectivity index (χ4v) is 2.84. The molecule has 0 heterocycles. The first kappa shape index (κ1) is 15.9. The molecule has 1 aliphatic rings. The summed E-state index contributed by atoms with van der Waals surface area (Å²) in [6.45, 7) is 9.02. The van der Waals surface area contributed by atoms with Gasteiger partial charge in [0.1, 0.15) is 0 Å². The second kappa shape index (κ2) is 7.46. The van der Waals surface area contributed by atoms with E-state index in [0.717, 1.165) is 25.3 Å². The van der Waals surface area contributed by atoms with Crippen LogP contribution in [0.15, 0.2) is 0 Å². The maximum atomic E-state index is 9.52. The van der Waals surface area contributed by atoms with Crippen molar-refractivity contribution in [3.63, 3.8) is 0 Å². The molecule has 1 atom stereocenters. The Morgan fingerprint density at radius 1 is 1.39 bits per heavy atom. The third-order valence-electron chi connectivity index (χ3n) is 4.05. The van der Waals surface area contributed by atoms with Gasteiger partial charge in [0.15, 0.2) is 0 Å². The summed E-state index contributed by atoms with van der Waals surface area (Å²) in [6.07, 6.45) is 6.47. The van der Waals surface area contributed by atoms with Crippen LogP contribution >= 0.6 is 0 Å². The Bertz CT molecular complexity index is 229. The average molecular weight is 256 g/mol. The molecule has 0 amide bonds. The van der Waals surface area contributed by atoms with Crippen molar-refractivity contribution in [1.29, 1.82) is 0 Å². The highest BCUT2D eigenvalue weighted by molar-refractivity contribution is 4.84. The number of aliphatic hydroxyl groups excluding tert-OH is 1. The molecule has 1 unspecified atom stereocenters. The van der Waals surface area contributed by atoms with Crippen LogP contribution in [0.3, 0.4) is 0 Å². The lowest BCUT2D eigenvalue weighted by atomic mass is 9.85. The molecule has 0 aliphatic heterocycles. The van der Waals surface area contributed by atoms with Crippen LogP contribution in [-0.2, 0) is 0 Å². The normalized spacial score (nSPS) is 20.2. The summed E-state index contributed by atoms with van der Waals surface area (Å²) in [7, 11) is 2.23. The first-order valence-electron chi connectivity index (χ1n) is 7.52. The second-order valence-corrected chi connectivity index (χ2v) is 6.68. The third kappa shape index (κ3) is 5.68. The topological polar surface area (TPSA) is 35.5 Å². The molecule has 0 aromatic rings. The minimum Gasteiger partial charge on any atom is -0.394 e. The molecule has 3 nitrogen and oxygen atoms in total. The third-order valence-corrected chi connectivity index (χ3v) is 4.05. The number of nitrogens with zero attached hydrogens (tertiary/aromatic N) is 1. The van der Waals surface area contributed by atoms with E-state index in [1.165, 1.54) is 25.8 Å². The minimum absolute atomic E-state index is 0.120. The van der Waals surface area contributed by atoms with Crippen LogP contribution in [0.2, 0.25) is 0 Å². The molecule has 0 spiro atoms. The first-order chi connectivity index (χ1) is 8.45. The Morgan fingerprint density at radius 2 is 2.06 bits per heavy atom. The highest BCUT2D eigenvalue weighted by atomic mass is 16.3. The lowest BCUT2D eigenvalue weighted by Gasteiger charge is -2.33. The number of rotatable bonds is 9. The van der Waals surface area contributed by atoms with Gasteiger partial charge in [0, 0.05) is 18.1 Å². The SMILES string of the molecule is CC(C)NC(C)(CO)CCCN(C)CC1CCC1. The van der Waals surface area contributed by atoms with Crippen molar-refractivity contribution in [2.75, 3.05) is 26.7 Å². The standard InChI is InChI=1S/C15H32N2O/c1-13(2)16-15(3,12-18)9-6-10-17(4)11-14-7-5-8-14/h13-14,16,18H,5-12H2,1-4H3. The lowest BCUT2D eigenvalue weighted by molar-refractivity contribution is 0.145. The number of aliphatic hydroxyl groups is 1. The predicted molar refractivity (Wildman–Crippen MR) is 77.8 cm³/mol. The molecule has 0 aromatic carbocycles. The van der Waals surface area contributed by atoms with Gasteiger partial charge in [0.25, 0.3) is 0 Å². The quantitative estimate of drug-likeness (QED) is 0.664. The van der Waals surface area contributed by atoms with Gasteiger partial charge in [-0.3, -0.25) is 0 Å². The van der Waals surface area contributed by atoms with E-state index in [2.05, 4.69) is 38.0 Å². The summed E-state index contributed by atoms with van der Waals surface area (Å²) in [6, 6.07) is 0.426. The zero-order valence-electron chi connectivity index (χ0n) is 12.7. The molecule has 2 N–H and O–H groups in total. The smallest absolute Gasteiger partial charge is 0.0610 e. The Morgan fingerprint density at radius 3 is 2.50 bits per heavy atom. The van der Waals surface area contributed by atoms with E-state index in [1.807, 2.05) is 0 Å². The van der Waals surface area contributed by atoms with Crippen LogP contribution in [0, 0.1) is 5.92 Å². The monoisotopic (exact) mass is 256 g/mol. The molecule has 108 valence electrons. The van der Waals surface area contributed by atoms with Gasteiger partial charge in [0.05, 0.1) is 6.61 Å². The summed E-state index contributed by atoms with van der Waals surface area (Å²) >= 11 is 0. The first-order valence-corrected chi connectivity index (χ1v) is 7.52. The molecular formula is C15H32N2O. The number of hydrogen-bond donors (Lipinski definition) is 2. The van der Waals surface area contributed by atoms with Crippen molar-refractivity contribution in [2.24, 2.45) is 5.92 Å². The van der Waals surface area contributed by atoms with Gasteiger partial charge in [-0.05, 0) is 52.1 Å². The minimum atomic E-state index is -0.120. The molecule has 0 saturated heterocycles. The van der Waals surface area contributed by atoms with Crippen molar-refractivity contribution in [3.8, 4) is 0 Å². The highest BCUT2D eigenvalue weighted by Crippen LogP contribution is 2.26. The molecule has 1 aliphatic carbocycles. The molecule has 0 radical (unpaired) electrons. The largest absolute Gasteiger partial charge is 0.394 e. The number of hydrogen-bond acceptors (Lipinski definition) is 3. The van der Waals surface area contributed by atoms with Gasteiger partial charge in [-0.2, -0.15) is 0 Å². The van der Waals surface area contributed by atoms with Crippen molar-refractivity contribution in [2.45, 2.75) is 64.5 Å². The van der Waals surface area contributed by atoms with E-state index in [0.29, 0.717) is 6.04 Å². The van der Waals surface area contributed by atoms with Crippen molar-refractivity contribution >= 4 is 0 Å². The van der Waals surface area contributed by atoms with Crippen LogP contribution in [-0.4, -0.2) is 48.3 Å². The van der Waals surface area contributed by atoms with E-state index < -0.39 is 0 Å². The summed E-state index contributed by atoms with van der Waals surface area (Å²) < 4.78 is 0. The highest BCUT2D eigenvalue weighted by Gasteiger charge is 2.24.